The van der Waals surface area contributed by atoms with Crippen molar-refractivity contribution in [2.24, 2.45) is 11.7 Å². The van der Waals surface area contributed by atoms with Crippen LogP contribution in [0.1, 0.15) is 65.2 Å². The largest absolute Gasteiger partial charge is 0.393 e. The van der Waals surface area contributed by atoms with E-state index in [2.05, 4.69) is 40.7 Å². The predicted octanol–water partition coefficient (Wildman–Crippen LogP) is 3.53. The molecule has 0 bridgehead atoms. The minimum Gasteiger partial charge on any atom is -0.393 e. The van der Waals surface area contributed by atoms with Gasteiger partial charge in [0.05, 0.1) is 37.2 Å². The molecule has 0 radical (unpaired) electrons. The van der Waals surface area contributed by atoms with Crippen molar-refractivity contribution in [3.63, 3.8) is 0 Å². The van der Waals surface area contributed by atoms with Crippen LogP contribution in [0.2, 0.25) is 0 Å². The zero-order valence-corrected chi connectivity index (χ0v) is 18.2. The number of aliphatic hydroxyl groups is 1. The van der Waals surface area contributed by atoms with Crippen LogP contribution in [-0.4, -0.2) is 34.8 Å². The molecule has 2 aromatic carbocycles. The number of benzene rings is 2. The Bertz CT molecular complexity index is 996. The quantitative estimate of drug-likeness (QED) is 0.622. The molecule has 168 valence electrons. The fraction of sp³-hybridized carbons (Fsp3) is 0.423. The highest BCUT2D eigenvalue weighted by molar-refractivity contribution is 5.92. The average molecular weight is 434 g/mol. The molecule has 0 saturated heterocycles. The van der Waals surface area contributed by atoms with Crippen molar-refractivity contribution in [2.75, 3.05) is 6.67 Å². The van der Waals surface area contributed by atoms with Crippen LogP contribution in [0.4, 0.5) is 0 Å². The van der Waals surface area contributed by atoms with Gasteiger partial charge in [-0.1, -0.05) is 36.4 Å². The summed E-state index contributed by atoms with van der Waals surface area (Å²) >= 11 is 0. The zero-order valence-electron chi connectivity index (χ0n) is 18.2. The Morgan fingerprint density at radius 1 is 1.12 bits per heavy atom. The van der Waals surface area contributed by atoms with Crippen molar-refractivity contribution in [1.29, 1.82) is 0 Å². The molecule has 1 aliphatic carbocycles. The van der Waals surface area contributed by atoms with E-state index in [9.17, 15) is 9.90 Å². The van der Waals surface area contributed by atoms with E-state index in [1.807, 2.05) is 12.1 Å². The number of amides is 1. The molecule has 6 nitrogen and oxygen atoms in total. The van der Waals surface area contributed by atoms with Gasteiger partial charge >= 0.3 is 0 Å². The molecule has 6 heteroatoms. The Morgan fingerprint density at radius 3 is 2.62 bits per heavy atom. The molecule has 1 saturated carbocycles. The van der Waals surface area contributed by atoms with Crippen LogP contribution >= 0.6 is 0 Å². The predicted molar refractivity (Wildman–Crippen MR) is 123 cm³/mol. The maximum atomic E-state index is 11.2. The summed E-state index contributed by atoms with van der Waals surface area (Å²) in [5, 5.41) is 14.4. The molecule has 1 amide bonds. The molecule has 32 heavy (non-hydrogen) atoms. The lowest BCUT2D eigenvalue weighted by atomic mass is 9.81. The normalized spacial score (nSPS) is 25.0. The van der Waals surface area contributed by atoms with E-state index in [4.69, 9.17) is 10.5 Å². The first-order valence-corrected chi connectivity index (χ1v) is 11.6. The molecule has 2 aliphatic heterocycles. The summed E-state index contributed by atoms with van der Waals surface area (Å²) < 4.78 is 6.11. The molecule has 0 aromatic heterocycles. The molecule has 0 spiro atoms. The van der Waals surface area contributed by atoms with Crippen molar-refractivity contribution < 1.29 is 14.6 Å². The number of carbonyl (C=O) groups is 1. The van der Waals surface area contributed by atoms with Crippen molar-refractivity contribution in [2.45, 2.75) is 57.0 Å². The smallest absolute Gasteiger partial charge is 0.248 e. The highest BCUT2D eigenvalue weighted by atomic mass is 16.5. The standard InChI is InChI=1S/C26H31N3O3/c27-26(31)19-7-5-17(6-8-19)15-32-20-11-9-18(10-12-20)25(30)13-23-21-3-1-2-4-22(21)24-14-28-16-29(23)24/h1-8,14,18,20,23,25,28,30H,9-13,15-16H2,(H2,27,31)/t18-,20-,23?,25?. The molecule has 4 N–H and O–H groups in total. The van der Waals surface area contributed by atoms with E-state index in [-0.39, 0.29) is 18.2 Å². The third kappa shape index (κ3) is 4.12. The molecule has 5 rings (SSSR count). The zero-order chi connectivity index (χ0) is 22.1. The number of nitrogens with zero attached hydrogens (tertiary/aromatic N) is 1. The van der Waals surface area contributed by atoms with Crippen LogP contribution in [0.3, 0.4) is 0 Å². The van der Waals surface area contributed by atoms with Crippen molar-refractivity contribution in [3.8, 4) is 0 Å². The summed E-state index contributed by atoms with van der Waals surface area (Å²) in [6, 6.07) is 16.1. The van der Waals surface area contributed by atoms with Crippen LogP contribution in [0.25, 0.3) is 5.70 Å². The molecule has 2 atom stereocenters. The lowest BCUT2D eigenvalue weighted by molar-refractivity contribution is -0.0180. The van der Waals surface area contributed by atoms with Crippen LogP contribution in [0.5, 0.6) is 0 Å². The van der Waals surface area contributed by atoms with Gasteiger partial charge in [-0.15, -0.1) is 0 Å². The Balaban J connectivity index is 1.12. The summed E-state index contributed by atoms with van der Waals surface area (Å²) in [5.74, 6) is -0.0934. The van der Waals surface area contributed by atoms with Gasteiger partial charge < -0.3 is 25.8 Å². The van der Waals surface area contributed by atoms with Gasteiger partial charge in [0.15, 0.2) is 0 Å². The van der Waals surface area contributed by atoms with Gasteiger partial charge in [0.1, 0.15) is 0 Å². The average Bonchev–Trinajstić information content (AvgIpc) is 3.41. The third-order valence-electron chi connectivity index (χ3n) is 7.23. The number of aliphatic hydroxyl groups excluding tert-OH is 1. The maximum absolute atomic E-state index is 11.2. The number of ether oxygens (including phenoxy) is 1. The van der Waals surface area contributed by atoms with Gasteiger partial charge in [0, 0.05) is 17.3 Å². The molecular formula is C26H31N3O3. The SMILES string of the molecule is NC(=O)c1ccc(CO[C@H]2CC[C@H](C(O)CC3c4ccccc4C4=CNCN43)CC2)cc1. The number of rotatable bonds is 7. The summed E-state index contributed by atoms with van der Waals surface area (Å²) in [6.07, 6.45) is 6.68. The molecule has 2 unspecified atom stereocenters. The Hall–Kier alpha value is -2.83. The fourth-order valence-corrected chi connectivity index (χ4v) is 5.40. The number of hydrogen-bond donors (Lipinski definition) is 3. The number of fused-ring (bicyclic) bond motifs is 3. The molecular weight excluding hydrogens is 402 g/mol. The Morgan fingerprint density at radius 2 is 1.88 bits per heavy atom. The second-order valence-corrected chi connectivity index (χ2v) is 9.18. The van der Waals surface area contributed by atoms with Gasteiger partial charge in [-0.2, -0.15) is 0 Å². The van der Waals surface area contributed by atoms with Gasteiger partial charge in [-0.3, -0.25) is 4.79 Å². The molecule has 2 aromatic rings. The molecule has 1 fully saturated rings. The summed E-state index contributed by atoms with van der Waals surface area (Å²) in [5.41, 5.74) is 10.7. The molecule has 2 heterocycles. The van der Waals surface area contributed by atoms with Gasteiger partial charge in [0.2, 0.25) is 5.91 Å². The first-order valence-electron chi connectivity index (χ1n) is 11.6. The van der Waals surface area contributed by atoms with Crippen molar-refractivity contribution in [3.05, 3.63) is 77.0 Å². The Kier molecular flexibility index (Phi) is 5.89. The van der Waals surface area contributed by atoms with Gasteiger partial charge in [-0.05, 0) is 61.3 Å². The highest BCUT2D eigenvalue weighted by Crippen LogP contribution is 2.45. The monoisotopic (exact) mass is 433 g/mol. The van der Waals surface area contributed by atoms with Gasteiger partial charge in [0.25, 0.3) is 0 Å². The van der Waals surface area contributed by atoms with Gasteiger partial charge in [-0.25, -0.2) is 0 Å². The third-order valence-corrected chi connectivity index (χ3v) is 7.23. The highest BCUT2D eigenvalue weighted by Gasteiger charge is 2.38. The van der Waals surface area contributed by atoms with Crippen LogP contribution in [-0.2, 0) is 11.3 Å². The topological polar surface area (TPSA) is 87.8 Å². The van der Waals surface area contributed by atoms with E-state index >= 15 is 0 Å². The number of primary amides is 1. The fourth-order valence-electron chi connectivity index (χ4n) is 5.40. The lowest BCUT2D eigenvalue weighted by Crippen LogP contribution is -2.33. The van der Waals surface area contributed by atoms with E-state index in [1.165, 1.54) is 16.8 Å². The number of carbonyl (C=O) groups excluding carboxylic acids is 1. The first-order chi connectivity index (χ1) is 15.6. The summed E-state index contributed by atoms with van der Waals surface area (Å²) in [6.45, 7) is 1.34. The van der Waals surface area contributed by atoms with E-state index in [0.717, 1.165) is 44.3 Å². The minimum atomic E-state index is -0.413. The number of hydrogen-bond acceptors (Lipinski definition) is 5. The lowest BCUT2D eigenvalue weighted by Gasteiger charge is -2.34. The van der Waals surface area contributed by atoms with E-state index in [0.29, 0.717) is 18.1 Å². The van der Waals surface area contributed by atoms with Crippen LogP contribution in [0, 0.1) is 5.92 Å². The minimum absolute atomic E-state index is 0.221. The van der Waals surface area contributed by atoms with E-state index < -0.39 is 5.91 Å². The van der Waals surface area contributed by atoms with Crippen molar-refractivity contribution in [1.82, 2.24) is 10.2 Å². The number of nitrogens with two attached hydrogens (primary N) is 1. The first kappa shape index (κ1) is 21.0. The second-order valence-electron chi connectivity index (χ2n) is 9.18. The van der Waals surface area contributed by atoms with Crippen LogP contribution in [0.15, 0.2) is 54.7 Å². The second kappa shape index (κ2) is 8.96. The number of nitrogens with one attached hydrogen (secondary N) is 1. The summed E-state index contributed by atoms with van der Waals surface area (Å²) in [4.78, 5) is 13.6. The molecule has 3 aliphatic rings. The van der Waals surface area contributed by atoms with E-state index in [1.54, 1.807) is 12.1 Å². The summed E-state index contributed by atoms with van der Waals surface area (Å²) in [7, 11) is 0. The Labute approximate surface area is 189 Å². The van der Waals surface area contributed by atoms with Crippen LogP contribution < -0.4 is 11.1 Å². The van der Waals surface area contributed by atoms with Crippen molar-refractivity contribution >= 4 is 11.6 Å². The maximum Gasteiger partial charge on any atom is 0.248 e.